The van der Waals surface area contributed by atoms with Crippen molar-refractivity contribution >= 4 is 22.4 Å². The van der Waals surface area contributed by atoms with Crippen molar-refractivity contribution in [3.05, 3.63) is 53.3 Å². The number of rotatable bonds is 6. The van der Waals surface area contributed by atoms with Gasteiger partial charge >= 0.3 is 0 Å². The number of carbonyl (C=O) groups excluding carboxylic acids is 1. The number of para-hydroxylation sites is 1. The van der Waals surface area contributed by atoms with Crippen LogP contribution in [-0.2, 0) is 11.3 Å². The molecule has 7 nitrogen and oxygen atoms in total. The molecule has 0 bridgehead atoms. The van der Waals surface area contributed by atoms with E-state index >= 15 is 0 Å². The normalized spacial score (nSPS) is 12.1. The van der Waals surface area contributed by atoms with Gasteiger partial charge in [0.15, 0.2) is 5.13 Å². The van der Waals surface area contributed by atoms with E-state index in [0.29, 0.717) is 11.7 Å². The molecule has 2 N–H and O–H groups in total. The predicted octanol–water partition coefficient (Wildman–Crippen LogP) is 2.53. The van der Waals surface area contributed by atoms with E-state index in [9.17, 15) is 4.79 Å². The minimum absolute atomic E-state index is 0.0355. The van der Waals surface area contributed by atoms with Gasteiger partial charge < -0.3 is 10.6 Å². The second-order valence-electron chi connectivity index (χ2n) is 5.35. The van der Waals surface area contributed by atoms with Crippen LogP contribution < -0.4 is 10.6 Å². The highest BCUT2D eigenvalue weighted by Gasteiger charge is 2.11. The van der Waals surface area contributed by atoms with Gasteiger partial charge in [0.2, 0.25) is 5.91 Å². The van der Waals surface area contributed by atoms with Gasteiger partial charge in [-0.1, -0.05) is 23.4 Å². The van der Waals surface area contributed by atoms with Crippen LogP contribution >= 0.6 is 11.3 Å². The van der Waals surface area contributed by atoms with Gasteiger partial charge in [-0.25, -0.2) is 9.67 Å². The molecule has 8 heteroatoms. The van der Waals surface area contributed by atoms with Gasteiger partial charge in [-0.15, -0.1) is 16.4 Å². The van der Waals surface area contributed by atoms with E-state index in [1.54, 1.807) is 4.68 Å². The van der Waals surface area contributed by atoms with E-state index in [0.717, 1.165) is 17.1 Å². The molecule has 0 aliphatic heterocycles. The molecule has 1 amide bonds. The average molecular weight is 342 g/mol. The molecular formula is C16H18N6OS. The first-order valence-corrected chi connectivity index (χ1v) is 8.43. The molecule has 1 atom stereocenters. The first-order chi connectivity index (χ1) is 11.6. The highest BCUT2D eigenvalue weighted by atomic mass is 32.1. The van der Waals surface area contributed by atoms with E-state index in [4.69, 9.17) is 0 Å². The Hall–Kier alpha value is -2.58. The quantitative estimate of drug-likeness (QED) is 0.719. The zero-order chi connectivity index (χ0) is 16.9. The van der Waals surface area contributed by atoms with Crippen LogP contribution in [0.1, 0.15) is 31.3 Å². The number of nitrogens with zero attached hydrogens (tertiary/aromatic N) is 4. The number of hydrogen-bond donors (Lipinski definition) is 2. The first-order valence-electron chi connectivity index (χ1n) is 7.55. The van der Waals surface area contributed by atoms with Gasteiger partial charge in [-0.3, -0.25) is 4.79 Å². The summed E-state index contributed by atoms with van der Waals surface area (Å²) >= 11 is 1.41. The fourth-order valence-corrected chi connectivity index (χ4v) is 2.90. The third-order valence-electron chi connectivity index (χ3n) is 3.40. The standard InChI is InChI=1S/C16H18N6OS/c1-11(17-8-13-10-24-16(19-13)18-12(2)23)15-9-22(21-20-15)14-6-4-3-5-7-14/h3-7,9-11,17H,8H2,1-2H3,(H,18,19,23)/t11-/m1/s1. The third-order valence-corrected chi connectivity index (χ3v) is 4.21. The summed E-state index contributed by atoms with van der Waals surface area (Å²) in [5, 5.41) is 17.0. The Bertz CT molecular complexity index is 813. The first kappa shape index (κ1) is 16.3. The lowest BCUT2D eigenvalue weighted by molar-refractivity contribution is -0.114. The zero-order valence-corrected chi connectivity index (χ0v) is 14.2. The largest absolute Gasteiger partial charge is 0.303 e. The fraction of sp³-hybridized carbons (Fsp3) is 0.250. The molecule has 0 aliphatic carbocycles. The Kier molecular flexibility index (Phi) is 4.97. The summed E-state index contributed by atoms with van der Waals surface area (Å²) in [4.78, 5) is 15.4. The Morgan fingerprint density at radius 3 is 2.88 bits per heavy atom. The van der Waals surface area contributed by atoms with Crippen LogP contribution in [0.25, 0.3) is 5.69 Å². The lowest BCUT2D eigenvalue weighted by Gasteiger charge is -2.09. The van der Waals surface area contributed by atoms with Crippen molar-refractivity contribution in [2.24, 2.45) is 0 Å². The van der Waals surface area contributed by atoms with Crippen molar-refractivity contribution < 1.29 is 4.79 Å². The molecule has 2 heterocycles. The van der Waals surface area contributed by atoms with Crippen molar-refractivity contribution in [2.45, 2.75) is 26.4 Å². The topological polar surface area (TPSA) is 84.7 Å². The summed E-state index contributed by atoms with van der Waals surface area (Å²) in [5.74, 6) is -0.116. The van der Waals surface area contributed by atoms with Gasteiger partial charge in [0, 0.05) is 18.8 Å². The van der Waals surface area contributed by atoms with Crippen molar-refractivity contribution in [2.75, 3.05) is 5.32 Å². The molecule has 0 aliphatic rings. The summed E-state index contributed by atoms with van der Waals surface area (Å²) < 4.78 is 1.76. The van der Waals surface area contributed by atoms with Crippen molar-refractivity contribution in [3.8, 4) is 5.69 Å². The number of amides is 1. The highest BCUT2D eigenvalue weighted by Crippen LogP contribution is 2.17. The summed E-state index contributed by atoms with van der Waals surface area (Å²) in [5.41, 5.74) is 2.71. The molecule has 2 aromatic heterocycles. The van der Waals surface area contributed by atoms with Gasteiger partial charge in [0.05, 0.1) is 29.3 Å². The Labute approximate surface area is 143 Å². The minimum Gasteiger partial charge on any atom is -0.303 e. The zero-order valence-electron chi connectivity index (χ0n) is 13.4. The second kappa shape index (κ2) is 7.33. The second-order valence-corrected chi connectivity index (χ2v) is 6.21. The van der Waals surface area contributed by atoms with E-state index < -0.39 is 0 Å². The minimum atomic E-state index is -0.116. The fourth-order valence-electron chi connectivity index (χ4n) is 2.14. The van der Waals surface area contributed by atoms with E-state index in [1.807, 2.05) is 48.8 Å². The van der Waals surface area contributed by atoms with Crippen LogP contribution in [0.2, 0.25) is 0 Å². The smallest absolute Gasteiger partial charge is 0.223 e. The number of carbonyl (C=O) groups is 1. The van der Waals surface area contributed by atoms with E-state index in [-0.39, 0.29) is 11.9 Å². The van der Waals surface area contributed by atoms with Crippen LogP contribution in [0.15, 0.2) is 41.9 Å². The summed E-state index contributed by atoms with van der Waals surface area (Å²) in [6.07, 6.45) is 1.91. The van der Waals surface area contributed by atoms with Crippen LogP contribution in [0, 0.1) is 0 Å². The van der Waals surface area contributed by atoms with Gasteiger partial charge in [0.1, 0.15) is 0 Å². The number of hydrogen-bond acceptors (Lipinski definition) is 6. The molecule has 0 fully saturated rings. The summed E-state index contributed by atoms with van der Waals surface area (Å²) in [7, 11) is 0. The maximum atomic E-state index is 11.0. The number of benzene rings is 1. The lowest BCUT2D eigenvalue weighted by atomic mass is 10.2. The molecule has 3 rings (SSSR count). The molecule has 0 saturated heterocycles. The van der Waals surface area contributed by atoms with Crippen LogP contribution in [0.3, 0.4) is 0 Å². The van der Waals surface area contributed by atoms with Crippen molar-refractivity contribution in [1.29, 1.82) is 0 Å². The number of aromatic nitrogens is 4. The SMILES string of the molecule is CC(=O)Nc1nc(CN[C@H](C)c2cn(-c3ccccc3)nn2)cs1. The molecular weight excluding hydrogens is 324 g/mol. The van der Waals surface area contributed by atoms with Crippen molar-refractivity contribution in [3.63, 3.8) is 0 Å². The maximum Gasteiger partial charge on any atom is 0.223 e. The van der Waals surface area contributed by atoms with Gasteiger partial charge in [-0.05, 0) is 19.1 Å². The Morgan fingerprint density at radius 2 is 2.12 bits per heavy atom. The number of anilines is 1. The molecule has 24 heavy (non-hydrogen) atoms. The van der Waals surface area contributed by atoms with Gasteiger partial charge in [-0.2, -0.15) is 0 Å². The number of thiazole rings is 1. The third kappa shape index (κ3) is 4.03. The molecule has 1 aromatic carbocycles. The maximum absolute atomic E-state index is 11.0. The predicted molar refractivity (Wildman–Crippen MR) is 93.0 cm³/mol. The molecule has 0 unspecified atom stereocenters. The summed E-state index contributed by atoms with van der Waals surface area (Å²) in [6, 6.07) is 9.90. The van der Waals surface area contributed by atoms with Gasteiger partial charge in [0.25, 0.3) is 0 Å². The summed E-state index contributed by atoms with van der Waals surface area (Å²) in [6.45, 7) is 4.09. The van der Waals surface area contributed by atoms with Crippen LogP contribution in [0.4, 0.5) is 5.13 Å². The molecule has 3 aromatic rings. The molecule has 0 saturated carbocycles. The molecule has 0 spiro atoms. The van der Waals surface area contributed by atoms with Crippen LogP contribution in [-0.4, -0.2) is 25.9 Å². The average Bonchev–Trinajstić information content (AvgIpc) is 3.22. The number of nitrogens with one attached hydrogen (secondary N) is 2. The van der Waals surface area contributed by atoms with Crippen LogP contribution in [0.5, 0.6) is 0 Å². The molecule has 124 valence electrons. The highest BCUT2D eigenvalue weighted by molar-refractivity contribution is 7.13. The lowest BCUT2D eigenvalue weighted by Crippen LogP contribution is -2.18. The molecule has 0 radical (unpaired) electrons. The van der Waals surface area contributed by atoms with E-state index in [2.05, 4.69) is 25.9 Å². The Balaban J connectivity index is 1.59. The monoisotopic (exact) mass is 342 g/mol. The van der Waals surface area contributed by atoms with Crippen molar-refractivity contribution in [1.82, 2.24) is 25.3 Å². The van der Waals surface area contributed by atoms with E-state index in [1.165, 1.54) is 18.3 Å². The Morgan fingerprint density at radius 1 is 1.33 bits per heavy atom.